The van der Waals surface area contributed by atoms with E-state index in [1.165, 1.54) is 0 Å². The lowest BCUT2D eigenvalue weighted by Crippen LogP contribution is -2.42. The quantitative estimate of drug-likeness (QED) is 0.512. The number of anilines is 1. The average Bonchev–Trinajstić information content (AvgIpc) is 2.85. The summed E-state index contributed by atoms with van der Waals surface area (Å²) in [6.45, 7) is 3.54. The van der Waals surface area contributed by atoms with E-state index in [-0.39, 0.29) is 17.7 Å². The number of carbonyl (C=O) groups excluding carboxylic acids is 2. The van der Waals surface area contributed by atoms with Crippen molar-refractivity contribution in [2.24, 2.45) is 5.92 Å². The Balaban J connectivity index is 1.35. The zero-order valence-electron chi connectivity index (χ0n) is 18.3. The van der Waals surface area contributed by atoms with Gasteiger partial charge >= 0.3 is 6.03 Å². The van der Waals surface area contributed by atoms with Gasteiger partial charge in [0.05, 0.1) is 5.69 Å². The molecule has 2 amide bonds. The third-order valence-electron chi connectivity index (χ3n) is 5.83. The van der Waals surface area contributed by atoms with E-state index in [0.717, 1.165) is 16.7 Å². The first-order chi connectivity index (χ1) is 15.6. The van der Waals surface area contributed by atoms with Gasteiger partial charge in [-0.2, -0.15) is 0 Å². The number of nitrogens with zero attached hydrogens (tertiary/aromatic N) is 1. The van der Waals surface area contributed by atoms with Gasteiger partial charge in [0.2, 0.25) is 0 Å². The highest BCUT2D eigenvalue weighted by Gasteiger charge is 2.28. The van der Waals surface area contributed by atoms with Crippen molar-refractivity contribution in [3.05, 3.63) is 95.6 Å². The number of likely N-dealkylation sites (tertiary alicyclic amines) is 1. The molecular weight excluding hydrogens is 400 g/mol. The number of Topliss-reactive ketones (excluding diaryl/α,β-unsaturated/α-hetero) is 1. The first-order valence-electron chi connectivity index (χ1n) is 11.0. The number of rotatable bonds is 6. The van der Waals surface area contributed by atoms with Crippen LogP contribution in [0.15, 0.2) is 78.9 Å². The number of aryl methyl sites for hydroxylation is 1. The number of hydrogen-bond acceptors (Lipinski definition) is 3. The van der Waals surface area contributed by atoms with Gasteiger partial charge in [-0.15, -0.1) is 0 Å². The van der Waals surface area contributed by atoms with Crippen molar-refractivity contribution in [1.82, 2.24) is 4.90 Å². The molecule has 0 unspecified atom stereocenters. The summed E-state index contributed by atoms with van der Waals surface area (Å²) in [7, 11) is 0. The number of urea groups is 1. The molecule has 0 aromatic heterocycles. The Morgan fingerprint density at radius 2 is 1.59 bits per heavy atom. The average molecular weight is 429 g/mol. The molecule has 0 radical (unpaired) electrons. The van der Waals surface area contributed by atoms with Gasteiger partial charge in [0.1, 0.15) is 12.4 Å². The number of benzene rings is 3. The topological polar surface area (TPSA) is 58.6 Å². The van der Waals surface area contributed by atoms with Crippen LogP contribution in [0, 0.1) is 12.8 Å². The van der Waals surface area contributed by atoms with Crippen LogP contribution >= 0.6 is 0 Å². The zero-order valence-corrected chi connectivity index (χ0v) is 18.3. The predicted molar refractivity (Wildman–Crippen MR) is 126 cm³/mol. The second-order valence-corrected chi connectivity index (χ2v) is 8.20. The van der Waals surface area contributed by atoms with Crippen molar-refractivity contribution in [3.63, 3.8) is 0 Å². The number of nitrogens with one attached hydrogen (secondary N) is 1. The van der Waals surface area contributed by atoms with Gasteiger partial charge in [-0.25, -0.2) is 4.79 Å². The highest BCUT2D eigenvalue weighted by molar-refractivity contribution is 5.98. The maximum atomic E-state index is 12.9. The summed E-state index contributed by atoms with van der Waals surface area (Å²) < 4.78 is 6.01. The van der Waals surface area contributed by atoms with E-state index in [0.29, 0.717) is 44.0 Å². The molecule has 32 heavy (non-hydrogen) atoms. The van der Waals surface area contributed by atoms with Gasteiger partial charge < -0.3 is 15.0 Å². The Labute approximate surface area is 189 Å². The lowest BCUT2D eigenvalue weighted by atomic mass is 9.89. The molecule has 1 N–H and O–H groups in total. The zero-order chi connectivity index (χ0) is 22.3. The number of amides is 2. The molecule has 164 valence electrons. The molecule has 0 spiro atoms. The largest absolute Gasteiger partial charge is 0.487 e. The van der Waals surface area contributed by atoms with Crippen molar-refractivity contribution in [3.8, 4) is 5.75 Å². The monoisotopic (exact) mass is 428 g/mol. The summed E-state index contributed by atoms with van der Waals surface area (Å²) in [5.74, 6) is 0.780. The second kappa shape index (κ2) is 10.1. The maximum absolute atomic E-state index is 12.9. The van der Waals surface area contributed by atoms with Crippen molar-refractivity contribution in [2.45, 2.75) is 26.4 Å². The molecule has 1 aliphatic rings. The normalized spacial score (nSPS) is 14.1. The first-order valence-corrected chi connectivity index (χ1v) is 11.0. The summed E-state index contributed by atoms with van der Waals surface area (Å²) >= 11 is 0. The Morgan fingerprint density at radius 3 is 2.28 bits per heavy atom. The lowest BCUT2D eigenvalue weighted by Gasteiger charge is -2.31. The maximum Gasteiger partial charge on any atom is 0.321 e. The summed E-state index contributed by atoms with van der Waals surface area (Å²) in [6, 6.07) is 24.9. The number of hydrogen-bond donors (Lipinski definition) is 1. The van der Waals surface area contributed by atoms with Crippen LogP contribution in [0.1, 0.15) is 34.3 Å². The van der Waals surface area contributed by atoms with Crippen molar-refractivity contribution in [1.29, 1.82) is 0 Å². The number of ether oxygens (including phenoxy) is 1. The summed E-state index contributed by atoms with van der Waals surface area (Å²) in [5.41, 5.74) is 3.53. The van der Waals surface area contributed by atoms with E-state index >= 15 is 0 Å². The number of piperidine rings is 1. The van der Waals surface area contributed by atoms with E-state index in [1.807, 2.05) is 85.8 Å². The molecule has 5 nitrogen and oxygen atoms in total. The van der Waals surface area contributed by atoms with Gasteiger partial charge in [0.25, 0.3) is 0 Å². The molecule has 3 aromatic carbocycles. The fourth-order valence-corrected chi connectivity index (χ4v) is 3.96. The molecule has 5 heteroatoms. The highest BCUT2D eigenvalue weighted by atomic mass is 16.5. The second-order valence-electron chi connectivity index (χ2n) is 8.20. The van der Waals surface area contributed by atoms with Crippen LogP contribution in [-0.4, -0.2) is 29.8 Å². The fraction of sp³-hybridized carbons (Fsp3) is 0.259. The Kier molecular flexibility index (Phi) is 6.85. The van der Waals surface area contributed by atoms with Crippen molar-refractivity contribution >= 4 is 17.5 Å². The fourth-order valence-electron chi connectivity index (χ4n) is 3.96. The molecule has 0 bridgehead atoms. The van der Waals surface area contributed by atoms with Gasteiger partial charge in [-0.1, -0.05) is 66.7 Å². The minimum atomic E-state index is -0.163. The summed E-state index contributed by atoms with van der Waals surface area (Å²) in [6.07, 6.45) is 1.35. The lowest BCUT2D eigenvalue weighted by molar-refractivity contribution is 0.0859. The molecule has 4 rings (SSSR count). The smallest absolute Gasteiger partial charge is 0.321 e. The van der Waals surface area contributed by atoms with Crippen LogP contribution in [0.2, 0.25) is 0 Å². The van der Waals surface area contributed by atoms with Crippen LogP contribution in [0.5, 0.6) is 5.75 Å². The molecule has 1 saturated heterocycles. The molecule has 0 aliphatic carbocycles. The SMILES string of the molecule is Cc1ccc(NC(=O)N2CCC(C(=O)c3ccccc3)CC2)c(OCc2ccccc2)c1. The number of ketones is 1. The minimum absolute atomic E-state index is 0.0365. The first kappa shape index (κ1) is 21.6. The molecular formula is C27H28N2O3. The predicted octanol–water partition coefficient (Wildman–Crippen LogP) is 5.70. The third-order valence-corrected chi connectivity index (χ3v) is 5.83. The van der Waals surface area contributed by atoms with E-state index in [4.69, 9.17) is 4.74 Å². The van der Waals surface area contributed by atoms with Gasteiger partial charge in [-0.05, 0) is 43.0 Å². The molecule has 0 saturated carbocycles. The molecule has 1 fully saturated rings. The summed E-state index contributed by atoms with van der Waals surface area (Å²) in [5, 5.41) is 3.00. The molecule has 1 heterocycles. The van der Waals surface area contributed by atoms with Crippen LogP contribution in [0.3, 0.4) is 0 Å². The Bertz CT molecular complexity index is 1060. The van der Waals surface area contributed by atoms with E-state index < -0.39 is 0 Å². The highest BCUT2D eigenvalue weighted by Crippen LogP contribution is 2.28. The molecule has 3 aromatic rings. The summed E-state index contributed by atoms with van der Waals surface area (Å²) in [4.78, 5) is 27.4. The van der Waals surface area contributed by atoms with Gasteiger partial charge in [0, 0.05) is 24.6 Å². The van der Waals surface area contributed by atoms with Gasteiger partial charge in [0.15, 0.2) is 5.78 Å². The minimum Gasteiger partial charge on any atom is -0.487 e. The van der Waals surface area contributed by atoms with E-state index in [2.05, 4.69) is 5.32 Å². The van der Waals surface area contributed by atoms with Crippen molar-refractivity contribution in [2.75, 3.05) is 18.4 Å². The molecule has 1 aliphatic heterocycles. The Hall–Kier alpha value is -3.60. The van der Waals surface area contributed by atoms with E-state index in [1.54, 1.807) is 4.90 Å². The molecule has 0 atom stereocenters. The Morgan fingerprint density at radius 1 is 0.938 bits per heavy atom. The van der Waals surface area contributed by atoms with Crippen LogP contribution in [0.25, 0.3) is 0 Å². The van der Waals surface area contributed by atoms with Gasteiger partial charge in [-0.3, -0.25) is 4.79 Å². The van der Waals surface area contributed by atoms with Crippen molar-refractivity contribution < 1.29 is 14.3 Å². The van der Waals surface area contributed by atoms with E-state index in [9.17, 15) is 9.59 Å². The standard InChI is InChI=1S/C27H28N2O3/c1-20-12-13-24(25(18-20)32-19-21-8-4-2-5-9-21)28-27(31)29-16-14-23(15-17-29)26(30)22-10-6-3-7-11-22/h2-13,18,23H,14-17,19H2,1H3,(H,28,31). The van der Waals surface area contributed by atoms with Crippen LogP contribution in [0.4, 0.5) is 10.5 Å². The van der Waals surface area contributed by atoms with Crippen LogP contribution < -0.4 is 10.1 Å². The van der Waals surface area contributed by atoms with Crippen LogP contribution in [-0.2, 0) is 6.61 Å². The third kappa shape index (κ3) is 5.35. The number of carbonyl (C=O) groups is 2.